The summed E-state index contributed by atoms with van der Waals surface area (Å²) in [4.78, 5) is 4.37. The van der Waals surface area contributed by atoms with E-state index in [1.165, 1.54) is 57.8 Å². The largest absolute Gasteiger partial charge is 0.362 e. The standard InChI is InChI=1S/C16H31ClN2/c1-3-4-5-6-7-8-9-10-11-12-16(17)19-14-13-18(2)15-19/h13-14,16H,3-12,15H2,1-2H3. The van der Waals surface area contributed by atoms with Gasteiger partial charge < -0.3 is 9.80 Å². The lowest BCUT2D eigenvalue weighted by molar-refractivity contribution is 0.267. The molecule has 0 spiro atoms. The van der Waals surface area contributed by atoms with Gasteiger partial charge in [-0.2, -0.15) is 0 Å². The van der Waals surface area contributed by atoms with Crippen molar-refractivity contribution in [2.24, 2.45) is 0 Å². The number of unbranched alkanes of at least 4 members (excludes halogenated alkanes) is 8. The minimum absolute atomic E-state index is 0.172. The minimum Gasteiger partial charge on any atom is -0.362 e. The fourth-order valence-corrected chi connectivity index (χ4v) is 2.80. The van der Waals surface area contributed by atoms with Crippen molar-refractivity contribution in [1.29, 1.82) is 0 Å². The molecule has 1 aliphatic heterocycles. The zero-order valence-corrected chi connectivity index (χ0v) is 13.5. The number of halogens is 1. The van der Waals surface area contributed by atoms with Gasteiger partial charge in [-0.15, -0.1) is 0 Å². The molecule has 0 saturated heterocycles. The highest BCUT2D eigenvalue weighted by Gasteiger charge is 2.16. The second-order valence-electron chi connectivity index (χ2n) is 5.76. The fraction of sp³-hybridized carbons (Fsp3) is 0.875. The molecule has 0 aromatic rings. The van der Waals surface area contributed by atoms with E-state index in [1.807, 2.05) is 0 Å². The normalized spacial score (nSPS) is 16.4. The first-order valence-corrected chi connectivity index (χ1v) is 8.46. The first-order chi connectivity index (χ1) is 9.24. The van der Waals surface area contributed by atoms with Gasteiger partial charge in [0.05, 0.1) is 6.67 Å². The third-order valence-corrected chi connectivity index (χ3v) is 4.27. The second kappa shape index (κ2) is 10.4. The quantitative estimate of drug-likeness (QED) is 0.294. The summed E-state index contributed by atoms with van der Waals surface area (Å²) in [7, 11) is 2.08. The molecule has 0 aromatic heterocycles. The molecule has 0 bridgehead atoms. The zero-order chi connectivity index (χ0) is 13.9. The Balaban J connectivity index is 1.86. The van der Waals surface area contributed by atoms with Crippen LogP contribution >= 0.6 is 11.6 Å². The minimum atomic E-state index is 0.172. The Morgan fingerprint density at radius 2 is 1.53 bits per heavy atom. The molecule has 0 amide bonds. The molecule has 1 aliphatic rings. The lowest BCUT2D eigenvalue weighted by Crippen LogP contribution is -2.28. The average molecular weight is 287 g/mol. The Labute approximate surface area is 124 Å². The molecule has 1 heterocycles. The Morgan fingerprint density at radius 3 is 2.05 bits per heavy atom. The van der Waals surface area contributed by atoms with Crippen LogP contribution < -0.4 is 0 Å². The molecule has 0 saturated carbocycles. The van der Waals surface area contributed by atoms with Crippen LogP contribution in [0, 0.1) is 0 Å². The predicted molar refractivity (Wildman–Crippen MR) is 85.1 cm³/mol. The van der Waals surface area contributed by atoms with Crippen molar-refractivity contribution in [3.8, 4) is 0 Å². The molecule has 112 valence electrons. The van der Waals surface area contributed by atoms with Crippen molar-refractivity contribution in [3.63, 3.8) is 0 Å². The summed E-state index contributed by atoms with van der Waals surface area (Å²) < 4.78 is 0. The maximum atomic E-state index is 6.40. The van der Waals surface area contributed by atoms with Crippen LogP contribution in [0.1, 0.15) is 71.1 Å². The van der Waals surface area contributed by atoms with Crippen LogP contribution in [0.5, 0.6) is 0 Å². The Bertz CT molecular complexity index is 243. The van der Waals surface area contributed by atoms with Crippen molar-refractivity contribution < 1.29 is 0 Å². The van der Waals surface area contributed by atoms with Crippen molar-refractivity contribution >= 4 is 11.6 Å². The zero-order valence-electron chi connectivity index (χ0n) is 12.8. The summed E-state index contributed by atoms with van der Waals surface area (Å²) in [5, 5.41) is 0. The molecular formula is C16H31ClN2. The van der Waals surface area contributed by atoms with Gasteiger partial charge >= 0.3 is 0 Å². The molecule has 1 rings (SSSR count). The van der Waals surface area contributed by atoms with Gasteiger partial charge in [-0.05, 0) is 6.42 Å². The van der Waals surface area contributed by atoms with Gasteiger partial charge in [0.2, 0.25) is 0 Å². The van der Waals surface area contributed by atoms with E-state index in [-0.39, 0.29) is 5.50 Å². The summed E-state index contributed by atoms with van der Waals surface area (Å²) in [6, 6.07) is 0. The van der Waals surface area contributed by atoms with Crippen LogP contribution in [0.2, 0.25) is 0 Å². The van der Waals surface area contributed by atoms with Gasteiger partial charge in [-0.3, -0.25) is 0 Å². The average Bonchev–Trinajstić information content (AvgIpc) is 2.83. The molecule has 0 aromatic carbocycles. The van der Waals surface area contributed by atoms with Crippen molar-refractivity contribution in [2.45, 2.75) is 76.6 Å². The van der Waals surface area contributed by atoms with Gasteiger partial charge in [0, 0.05) is 19.4 Å². The third kappa shape index (κ3) is 7.71. The van der Waals surface area contributed by atoms with Crippen LogP contribution in [0.15, 0.2) is 12.4 Å². The van der Waals surface area contributed by atoms with Gasteiger partial charge in [0.1, 0.15) is 5.50 Å². The number of rotatable bonds is 11. The van der Waals surface area contributed by atoms with Gasteiger partial charge in [-0.25, -0.2) is 0 Å². The highest BCUT2D eigenvalue weighted by atomic mass is 35.5. The number of nitrogens with zero attached hydrogens (tertiary/aromatic N) is 2. The van der Waals surface area contributed by atoms with E-state index in [0.717, 1.165) is 13.1 Å². The lowest BCUT2D eigenvalue weighted by Gasteiger charge is -2.23. The monoisotopic (exact) mass is 286 g/mol. The number of hydrogen-bond donors (Lipinski definition) is 0. The van der Waals surface area contributed by atoms with E-state index in [9.17, 15) is 0 Å². The van der Waals surface area contributed by atoms with Gasteiger partial charge in [0.15, 0.2) is 0 Å². The highest BCUT2D eigenvalue weighted by Crippen LogP contribution is 2.18. The number of hydrogen-bond acceptors (Lipinski definition) is 2. The SMILES string of the molecule is CCCCCCCCCCCC(Cl)N1C=CN(C)C1. The molecule has 19 heavy (non-hydrogen) atoms. The van der Waals surface area contributed by atoms with Crippen molar-refractivity contribution in [2.75, 3.05) is 13.7 Å². The maximum Gasteiger partial charge on any atom is 0.105 e. The Hall–Kier alpha value is -0.370. The van der Waals surface area contributed by atoms with Crippen LogP contribution in [0.25, 0.3) is 0 Å². The van der Waals surface area contributed by atoms with E-state index in [0.29, 0.717) is 0 Å². The van der Waals surface area contributed by atoms with Gasteiger partial charge in [0.25, 0.3) is 0 Å². The van der Waals surface area contributed by atoms with E-state index < -0.39 is 0 Å². The highest BCUT2D eigenvalue weighted by molar-refractivity contribution is 6.20. The molecule has 1 atom stereocenters. The molecule has 0 aliphatic carbocycles. The summed E-state index contributed by atoms with van der Waals surface area (Å²) in [5.41, 5.74) is 0.172. The summed E-state index contributed by atoms with van der Waals surface area (Å²) in [5.74, 6) is 0. The van der Waals surface area contributed by atoms with Crippen LogP contribution in [-0.2, 0) is 0 Å². The van der Waals surface area contributed by atoms with E-state index >= 15 is 0 Å². The molecular weight excluding hydrogens is 256 g/mol. The van der Waals surface area contributed by atoms with Crippen molar-refractivity contribution in [3.05, 3.63) is 12.4 Å². The Morgan fingerprint density at radius 1 is 0.947 bits per heavy atom. The Kier molecular flexibility index (Phi) is 9.15. The lowest BCUT2D eigenvalue weighted by atomic mass is 10.1. The summed E-state index contributed by atoms with van der Waals surface area (Å²) in [6.07, 6.45) is 17.7. The second-order valence-corrected chi connectivity index (χ2v) is 6.27. The van der Waals surface area contributed by atoms with Gasteiger partial charge in [-0.1, -0.05) is 76.3 Å². The molecule has 3 heteroatoms. The summed E-state index contributed by atoms with van der Waals surface area (Å²) in [6.45, 7) is 3.21. The molecule has 2 nitrogen and oxygen atoms in total. The first kappa shape index (κ1) is 16.7. The maximum absolute atomic E-state index is 6.40. The molecule has 0 radical (unpaired) electrons. The topological polar surface area (TPSA) is 6.48 Å². The van der Waals surface area contributed by atoms with E-state index in [2.05, 4.69) is 36.2 Å². The predicted octanol–water partition coefficient (Wildman–Crippen LogP) is 5.15. The van der Waals surface area contributed by atoms with Crippen LogP contribution in [-0.4, -0.2) is 29.0 Å². The third-order valence-electron chi connectivity index (χ3n) is 3.80. The molecule has 0 N–H and O–H groups in total. The first-order valence-electron chi connectivity index (χ1n) is 8.02. The van der Waals surface area contributed by atoms with E-state index in [1.54, 1.807) is 0 Å². The van der Waals surface area contributed by atoms with Crippen LogP contribution in [0.4, 0.5) is 0 Å². The van der Waals surface area contributed by atoms with E-state index in [4.69, 9.17) is 11.6 Å². The number of alkyl halides is 1. The van der Waals surface area contributed by atoms with Crippen LogP contribution in [0.3, 0.4) is 0 Å². The summed E-state index contributed by atoms with van der Waals surface area (Å²) >= 11 is 6.40. The molecule has 0 fully saturated rings. The van der Waals surface area contributed by atoms with Crippen molar-refractivity contribution in [1.82, 2.24) is 9.80 Å². The molecule has 1 unspecified atom stereocenters. The smallest absolute Gasteiger partial charge is 0.105 e. The fourth-order valence-electron chi connectivity index (χ4n) is 2.52.